The van der Waals surface area contributed by atoms with Crippen molar-refractivity contribution in [3.63, 3.8) is 0 Å². The van der Waals surface area contributed by atoms with Crippen molar-refractivity contribution in [1.82, 2.24) is 9.91 Å². The molecule has 6 nitrogen and oxygen atoms in total. The Hall–Kier alpha value is -2.68. The van der Waals surface area contributed by atoms with Crippen molar-refractivity contribution < 1.29 is 9.59 Å². The number of carbonyl (C=O) groups excluding carboxylic acids is 2. The van der Waals surface area contributed by atoms with Crippen LogP contribution in [0.15, 0.2) is 35.4 Å². The van der Waals surface area contributed by atoms with E-state index < -0.39 is 0 Å². The lowest BCUT2D eigenvalue weighted by atomic mass is 10.1. The van der Waals surface area contributed by atoms with Crippen LogP contribution in [-0.2, 0) is 16.1 Å². The Morgan fingerprint density at radius 2 is 2.10 bits per heavy atom. The molecular weight excluding hydrogens is 268 g/mol. The Bertz CT molecular complexity index is 604. The Kier molecular flexibility index (Phi) is 4.67. The number of hydrazone groups is 1. The molecule has 0 unspecified atom stereocenters. The highest BCUT2D eigenvalue weighted by Crippen LogP contribution is 2.14. The number of hydrogen-bond donors (Lipinski definition) is 0. The summed E-state index contributed by atoms with van der Waals surface area (Å²) in [7, 11) is 1.55. The van der Waals surface area contributed by atoms with Gasteiger partial charge in [0.2, 0.25) is 5.91 Å². The molecule has 6 heteroatoms. The van der Waals surface area contributed by atoms with Gasteiger partial charge in [0.25, 0.3) is 5.91 Å². The van der Waals surface area contributed by atoms with E-state index in [0.29, 0.717) is 18.7 Å². The fourth-order valence-corrected chi connectivity index (χ4v) is 2.03. The van der Waals surface area contributed by atoms with Crippen molar-refractivity contribution >= 4 is 17.5 Å². The quantitative estimate of drug-likeness (QED) is 0.778. The summed E-state index contributed by atoms with van der Waals surface area (Å²) in [6.07, 6.45) is 0.580. The molecule has 1 heterocycles. The average Bonchev–Trinajstić information content (AvgIpc) is 2.50. The summed E-state index contributed by atoms with van der Waals surface area (Å²) in [4.78, 5) is 25.3. The molecule has 2 rings (SSSR count). The third-order valence-electron chi connectivity index (χ3n) is 3.18. The molecule has 1 aliphatic heterocycles. The smallest absolute Gasteiger partial charge is 0.270 e. The predicted molar refractivity (Wildman–Crippen MR) is 76.9 cm³/mol. The Balaban J connectivity index is 2.14. The fraction of sp³-hybridized carbons (Fsp3) is 0.333. The van der Waals surface area contributed by atoms with Crippen molar-refractivity contribution in [3.05, 3.63) is 35.9 Å². The Morgan fingerprint density at radius 3 is 2.76 bits per heavy atom. The molecule has 21 heavy (non-hydrogen) atoms. The fourth-order valence-electron chi connectivity index (χ4n) is 2.03. The Labute approximate surface area is 123 Å². The normalized spacial score (nSPS) is 14.4. The first-order valence-electron chi connectivity index (χ1n) is 6.66. The van der Waals surface area contributed by atoms with E-state index in [1.807, 2.05) is 36.4 Å². The number of carbonyl (C=O) groups is 2. The predicted octanol–water partition coefficient (Wildman–Crippen LogP) is 1.15. The van der Waals surface area contributed by atoms with Crippen LogP contribution >= 0.6 is 0 Å². The van der Waals surface area contributed by atoms with Crippen LogP contribution in [0.1, 0.15) is 18.4 Å². The van der Waals surface area contributed by atoms with Crippen LogP contribution in [0, 0.1) is 11.3 Å². The van der Waals surface area contributed by atoms with Gasteiger partial charge in [-0.1, -0.05) is 30.3 Å². The van der Waals surface area contributed by atoms with Gasteiger partial charge in [-0.15, -0.1) is 0 Å². The van der Waals surface area contributed by atoms with Gasteiger partial charge >= 0.3 is 0 Å². The highest BCUT2D eigenvalue weighted by Gasteiger charge is 2.26. The second-order valence-corrected chi connectivity index (χ2v) is 4.80. The average molecular weight is 284 g/mol. The van der Waals surface area contributed by atoms with Crippen LogP contribution in [0.5, 0.6) is 0 Å². The van der Waals surface area contributed by atoms with Gasteiger partial charge in [-0.05, 0) is 5.56 Å². The molecule has 0 N–H and O–H groups in total. The lowest BCUT2D eigenvalue weighted by Gasteiger charge is -2.24. The largest absolute Gasteiger partial charge is 0.327 e. The summed E-state index contributed by atoms with van der Waals surface area (Å²) in [6.45, 7) is 0.350. The lowest BCUT2D eigenvalue weighted by molar-refractivity contribution is -0.132. The van der Waals surface area contributed by atoms with E-state index in [2.05, 4.69) is 5.10 Å². The van der Waals surface area contributed by atoms with Gasteiger partial charge in [-0.2, -0.15) is 10.4 Å². The van der Waals surface area contributed by atoms with Gasteiger partial charge in [0.15, 0.2) is 0 Å². The molecule has 0 spiro atoms. The van der Waals surface area contributed by atoms with Gasteiger partial charge in [0, 0.05) is 19.9 Å². The van der Waals surface area contributed by atoms with Crippen LogP contribution in [0.25, 0.3) is 0 Å². The van der Waals surface area contributed by atoms with Crippen molar-refractivity contribution in [2.45, 2.75) is 19.4 Å². The highest BCUT2D eigenvalue weighted by molar-refractivity contribution is 6.39. The van der Waals surface area contributed by atoms with Gasteiger partial charge in [-0.25, -0.2) is 5.01 Å². The zero-order valence-electron chi connectivity index (χ0n) is 11.8. The standard InChI is InChI=1S/C15H16N4O2/c1-18(10-9-16)15(21)13-7-8-14(20)19(17-13)11-12-5-3-2-4-6-12/h2-6H,7-8,10-11H2,1H3. The first-order valence-corrected chi connectivity index (χ1v) is 6.66. The molecule has 0 atom stereocenters. The minimum Gasteiger partial charge on any atom is -0.327 e. The van der Waals surface area contributed by atoms with Gasteiger partial charge in [-0.3, -0.25) is 9.59 Å². The van der Waals surface area contributed by atoms with E-state index in [0.717, 1.165) is 5.56 Å². The molecule has 0 saturated heterocycles. The topological polar surface area (TPSA) is 76.8 Å². The molecule has 0 saturated carbocycles. The maximum atomic E-state index is 12.1. The summed E-state index contributed by atoms with van der Waals surface area (Å²) < 4.78 is 0. The van der Waals surface area contributed by atoms with Crippen molar-refractivity contribution in [2.24, 2.45) is 5.10 Å². The number of nitriles is 1. The second-order valence-electron chi connectivity index (χ2n) is 4.80. The third kappa shape index (κ3) is 3.66. The number of amides is 2. The minimum atomic E-state index is -0.304. The van der Waals surface area contributed by atoms with E-state index in [1.165, 1.54) is 9.91 Å². The van der Waals surface area contributed by atoms with Crippen molar-refractivity contribution in [3.8, 4) is 6.07 Å². The number of benzene rings is 1. The molecule has 1 aromatic rings. The zero-order chi connectivity index (χ0) is 15.2. The van der Waals surface area contributed by atoms with E-state index in [-0.39, 0.29) is 24.8 Å². The van der Waals surface area contributed by atoms with Crippen molar-refractivity contribution in [2.75, 3.05) is 13.6 Å². The first-order chi connectivity index (χ1) is 10.1. The zero-order valence-corrected chi connectivity index (χ0v) is 11.8. The number of hydrogen-bond acceptors (Lipinski definition) is 4. The monoisotopic (exact) mass is 284 g/mol. The summed E-state index contributed by atoms with van der Waals surface area (Å²) >= 11 is 0. The van der Waals surface area contributed by atoms with E-state index >= 15 is 0 Å². The number of rotatable bonds is 4. The van der Waals surface area contributed by atoms with Crippen molar-refractivity contribution in [1.29, 1.82) is 5.26 Å². The molecule has 0 bridgehead atoms. The van der Waals surface area contributed by atoms with Crippen LogP contribution in [0.4, 0.5) is 0 Å². The molecule has 0 aromatic heterocycles. The Morgan fingerprint density at radius 1 is 1.38 bits per heavy atom. The first kappa shape index (κ1) is 14.7. The minimum absolute atomic E-state index is 0.00445. The SMILES string of the molecule is CN(CC#N)C(=O)C1=NN(Cc2ccccc2)C(=O)CC1. The van der Waals surface area contributed by atoms with Crippen LogP contribution < -0.4 is 0 Å². The molecule has 0 radical (unpaired) electrons. The van der Waals surface area contributed by atoms with Gasteiger partial charge < -0.3 is 4.90 Å². The highest BCUT2D eigenvalue weighted by atomic mass is 16.2. The molecule has 1 aliphatic rings. The number of nitrogens with zero attached hydrogens (tertiary/aromatic N) is 4. The second kappa shape index (κ2) is 6.66. The van der Waals surface area contributed by atoms with E-state index in [9.17, 15) is 9.59 Å². The maximum Gasteiger partial charge on any atom is 0.270 e. The van der Waals surface area contributed by atoms with Gasteiger partial charge in [0.05, 0.1) is 12.6 Å². The molecule has 2 amide bonds. The van der Waals surface area contributed by atoms with E-state index in [1.54, 1.807) is 7.05 Å². The summed E-state index contributed by atoms with van der Waals surface area (Å²) in [6, 6.07) is 11.4. The lowest BCUT2D eigenvalue weighted by Crippen LogP contribution is -2.39. The van der Waals surface area contributed by atoms with Crippen LogP contribution in [0.3, 0.4) is 0 Å². The molecule has 108 valence electrons. The molecular formula is C15H16N4O2. The molecule has 1 aromatic carbocycles. The van der Waals surface area contributed by atoms with E-state index in [4.69, 9.17) is 5.26 Å². The summed E-state index contributed by atoms with van der Waals surface area (Å²) in [5.74, 6) is -0.402. The molecule has 0 aliphatic carbocycles. The van der Waals surface area contributed by atoms with Gasteiger partial charge in [0.1, 0.15) is 12.3 Å². The third-order valence-corrected chi connectivity index (χ3v) is 3.18. The summed E-state index contributed by atoms with van der Waals surface area (Å²) in [5, 5.41) is 14.1. The van der Waals surface area contributed by atoms with Crippen LogP contribution in [0.2, 0.25) is 0 Å². The summed E-state index contributed by atoms with van der Waals surface area (Å²) in [5.41, 5.74) is 1.27. The molecule has 0 fully saturated rings. The van der Waals surface area contributed by atoms with Crippen LogP contribution in [-0.4, -0.2) is 41.0 Å². The maximum absolute atomic E-state index is 12.1.